The second-order valence-electron chi connectivity index (χ2n) is 3.08. The van der Waals surface area contributed by atoms with Gasteiger partial charge in [-0.1, -0.05) is 18.2 Å². The highest BCUT2D eigenvalue weighted by Gasteiger charge is 2.03. The maximum atomic E-state index is 5.58. The van der Waals surface area contributed by atoms with E-state index in [0.29, 0.717) is 16.2 Å². The molecule has 3 nitrogen and oxygen atoms in total. The summed E-state index contributed by atoms with van der Waals surface area (Å²) in [4.78, 5) is 4.19. The number of ether oxygens (including phenoxy) is 2. The standard InChI is InChI=1S/C12H10BrNO2/c1-15-10-7-11(13)14-12(8-10)16-9-5-3-2-4-6-9/h2-8H,1H3. The first-order chi connectivity index (χ1) is 7.78. The van der Waals surface area contributed by atoms with Gasteiger partial charge in [-0.2, -0.15) is 0 Å². The normalized spacial score (nSPS) is 9.88. The highest BCUT2D eigenvalue weighted by Crippen LogP contribution is 2.26. The molecular formula is C12H10BrNO2. The van der Waals surface area contributed by atoms with Crippen molar-refractivity contribution in [3.8, 4) is 17.4 Å². The van der Waals surface area contributed by atoms with Gasteiger partial charge in [0.1, 0.15) is 16.1 Å². The Bertz CT molecular complexity index is 474. The van der Waals surface area contributed by atoms with Crippen molar-refractivity contribution in [3.63, 3.8) is 0 Å². The Morgan fingerprint density at radius 3 is 2.50 bits per heavy atom. The molecule has 0 N–H and O–H groups in total. The smallest absolute Gasteiger partial charge is 0.223 e. The van der Waals surface area contributed by atoms with E-state index in [1.807, 2.05) is 30.3 Å². The lowest BCUT2D eigenvalue weighted by Crippen LogP contribution is -1.90. The van der Waals surface area contributed by atoms with Crippen molar-refractivity contribution in [1.29, 1.82) is 0 Å². The highest BCUT2D eigenvalue weighted by molar-refractivity contribution is 9.10. The Morgan fingerprint density at radius 1 is 1.06 bits per heavy atom. The quantitative estimate of drug-likeness (QED) is 0.804. The summed E-state index contributed by atoms with van der Waals surface area (Å²) in [5, 5.41) is 0. The van der Waals surface area contributed by atoms with Crippen LogP contribution in [0, 0.1) is 0 Å². The first-order valence-electron chi connectivity index (χ1n) is 4.72. The van der Waals surface area contributed by atoms with Crippen molar-refractivity contribution in [2.45, 2.75) is 0 Å². The molecule has 16 heavy (non-hydrogen) atoms. The average Bonchev–Trinajstić information content (AvgIpc) is 2.29. The van der Waals surface area contributed by atoms with Crippen LogP contribution in [0.4, 0.5) is 0 Å². The fourth-order valence-corrected chi connectivity index (χ4v) is 1.63. The first-order valence-corrected chi connectivity index (χ1v) is 5.52. The minimum absolute atomic E-state index is 0.498. The second kappa shape index (κ2) is 4.99. The van der Waals surface area contributed by atoms with Gasteiger partial charge in [0.15, 0.2) is 0 Å². The van der Waals surface area contributed by atoms with E-state index in [9.17, 15) is 0 Å². The number of pyridine rings is 1. The molecule has 0 atom stereocenters. The van der Waals surface area contributed by atoms with Crippen LogP contribution < -0.4 is 9.47 Å². The predicted molar refractivity (Wildman–Crippen MR) is 65.0 cm³/mol. The van der Waals surface area contributed by atoms with Crippen LogP contribution >= 0.6 is 15.9 Å². The van der Waals surface area contributed by atoms with Gasteiger partial charge < -0.3 is 9.47 Å². The van der Waals surface area contributed by atoms with Crippen molar-refractivity contribution >= 4 is 15.9 Å². The molecule has 1 aromatic heterocycles. The van der Waals surface area contributed by atoms with Gasteiger partial charge >= 0.3 is 0 Å². The fourth-order valence-electron chi connectivity index (χ4n) is 1.23. The molecule has 1 aromatic carbocycles. The number of nitrogens with zero attached hydrogens (tertiary/aromatic N) is 1. The van der Waals surface area contributed by atoms with Crippen LogP contribution in [0.25, 0.3) is 0 Å². The van der Waals surface area contributed by atoms with E-state index in [4.69, 9.17) is 9.47 Å². The molecule has 0 amide bonds. The van der Waals surface area contributed by atoms with E-state index in [2.05, 4.69) is 20.9 Å². The van der Waals surface area contributed by atoms with Crippen molar-refractivity contribution in [2.24, 2.45) is 0 Å². The lowest BCUT2D eigenvalue weighted by molar-refractivity contribution is 0.404. The van der Waals surface area contributed by atoms with E-state index < -0.39 is 0 Å². The number of aromatic nitrogens is 1. The van der Waals surface area contributed by atoms with Crippen LogP contribution in [0.2, 0.25) is 0 Å². The molecule has 0 fully saturated rings. The SMILES string of the molecule is COc1cc(Br)nc(Oc2ccccc2)c1. The third-order valence-electron chi connectivity index (χ3n) is 1.95. The fraction of sp³-hybridized carbons (Fsp3) is 0.0833. The van der Waals surface area contributed by atoms with E-state index in [-0.39, 0.29) is 0 Å². The molecular weight excluding hydrogens is 270 g/mol. The maximum absolute atomic E-state index is 5.58. The number of halogens is 1. The summed E-state index contributed by atoms with van der Waals surface area (Å²) in [6.07, 6.45) is 0. The van der Waals surface area contributed by atoms with Gasteiger partial charge in [0, 0.05) is 12.1 Å². The number of benzene rings is 1. The van der Waals surface area contributed by atoms with Crippen LogP contribution in [0.1, 0.15) is 0 Å². The van der Waals surface area contributed by atoms with Crippen molar-refractivity contribution in [2.75, 3.05) is 7.11 Å². The third kappa shape index (κ3) is 2.73. The molecule has 0 saturated carbocycles. The zero-order valence-electron chi connectivity index (χ0n) is 8.68. The summed E-state index contributed by atoms with van der Waals surface area (Å²) in [6, 6.07) is 13.0. The van der Waals surface area contributed by atoms with E-state index >= 15 is 0 Å². The Balaban J connectivity index is 2.24. The van der Waals surface area contributed by atoms with Gasteiger partial charge in [-0.15, -0.1) is 0 Å². The molecule has 0 spiro atoms. The van der Waals surface area contributed by atoms with Crippen LogP contribution in [0.5, 0.6) is 17.4 Å². The number of para-hydroxylation sites is 1. The molecule has 0 aliphatic heterocycles. The topological polar surface area (TPSA) is 31.4 Å². The van der Waals surface area contributed by atoms with Crippen LogP contribution in [-0.2, 0) is 0 Å². The molecule has 0 bridgehead atoms. The first kappa shape index (κ1) is 11.0. The molecule has 82 valence electrons. The molecule has 0 unspecified atom stereocenters. The maximum Gasteiger partial charge on any atom is 0.223 e. The monoisotopic (exact) mass is 279 g/mol. The Kier molecular flexibility index (Phi) is 3.41. The summed E-state index contributed by atoms with van der Waals surface area (Å²) in [7, 11) is 1.61. The predicted octanol–water partition coefficient (Wildman–Crippen LogP) is 3.65. The molecule has 0 aliphatic carbocycles. The van der Waals surface area contributed by atoms with Gasteiger partial charge in [0.05, 0.1) is 7.11 Å². The van der Waals surface area contributed by atoms with Gasteiger partial charge in [0.25, 0.3) is 0 Å². The molecule has 2 rings (SSSR count). The van der Waals surface area contributed by atoms with Crippen LogP contribution in [0.15, 0.2) is 47.1 Å². The molecule has 4 heteroatoms. The van der Waals surface area contributed by atoms with Gasteiger partial charge in [-0.05, 0) is 28.1 Å². The summed E-state index contributed by atoms with van der Waals surface area (Å²) >= 11 is 3.30. The van der Waals surface area contributed by atoms with Crippen molar-refractivity contribution in [1.82, 2.24) is 4.98 Å². The number of rotatable bonds is 3. The molecule has 0 aliphatic rings. The Hall–Kier alpha value is -1.55. The summed E-state index contributed by atoms with van der Waals surface area (Å²) in [5.41, 5.74) is 0. The number of hydrogen-bond donors (Lipinski definition) is 0. The van der Waals surface area contributed by atoms with Crippen LogP contribution in [-0.4, -0.2) is 12.1 Å². The second-order valence-corrected chi connectivity index (χ2v) is 3.90. The van der Waals surface area contributed by atoms with E-state index in [1.54, 1.807) is 19.2 Å². The Labute approximate surface area is 102 Å². The van der Waals surface area contributed by atoms with Crippen LogP contribution in [0.3, 0.4) is 0 Å². The summed E-state index contributed by atoms with van der Waals surface area (Å²) in [6.45, 7) is 0. The van der Waals surface area contributed by atoms with Crippen molar-refractivity contribution < 1.29 is 9.47 Å². The van der Waals surface area contributed by atoms with Gasteiger partial charge in [-0.3, -0.25) is 0 Å². The van der Waals surface area contributed by atoms with E-state index in [0.717, 1.165) is 5.75 Å². The molecule has 0 radical (unpaired) electrons. The zero-order chi connectivity index (χ0) is 11.4. The minimum Gasteiger partial charge on any atom is -0.496 e. The van der Waals surface area contributed by atoms with E-state index in [1.165, 1.54) is 0 Å². The summed E-state index contributed by atoms with van der Waals surface area (Å²) in [5.74, 6) is 1.94. The zero-order valence-corrected chi connectivity index (χ0v) is 10.3. The minimum atomic E-state index is 0.498. The molecule has 2 aromatic rings. The number of hydrogen-bond acceptors (Lipinski definition) is 3. The summed E-state index contributed by atoms with van der Waals surface area (Å²) < 4.78 is 11.4. The highest BCUT2D eigenvalue weighted by atomic mass is 79.9. The largest absolute Gasteiger partial charge is 0.496 e. The Morgan fingerprint density at radius 2 is 1.81 bits per heavy atom. The number of methoxy groups -OCH3 is 1. The lowest BCUT2D eigenvalue weighted by atomic mass is 10.3. The molecule has 1 heterocycles. The lowest BCUT2D eigenvalue weighted by Gasteiger charge is -2.06. The molecule has 0 saturated heterocycles. The average molecular weight is 280 g/mol. The van der Waals surface area contributed by atoms with Crippen molar-refractivity contribution in [3.05, 3.63) is 47.1 Å². The van der Waals surface area contributed by atoms with Gasteiger partial charge in [-0.25, -0.2) is 4.98 Å². The van der Waals surface area contributed by atoms with Gasteiger partial charge in [0.2, 0.25) is 5.88 Å². The third-order valence-corrected chi connectivity index (χ3v) is 2.35.